The van der Waals surface area contributed by atoms with Gasteiger partial charge in [-0.1, -0.05) is 12.8 Å². The van der Waals surface area contributed by atoms with Gasteiger partial charge in [0.1, 0.15) is 5.82 Å². The maximum atomic E-state index is 11.1. The van der Waals surface area contributed by atoms with Crippen molar-refractivity contribution in [3.63, 3.8) is 0 Å². The van der Waals surface area contributed by atoms with Gasteiger partial charge in [-0.25, -0.2) is 4.98 Å². The molecular weight excluding hydrogens is 194 g/mol. The van der Waals surface area contributed by atoms with Crippen molar-refractivity contribution in [3.05, 3.63) is 22.7 Å². The molecule has 0 amide bonds. The number of hydrogen-bond donors (Lipinski definition) is 3. The molecule has 2 rings (SSSR count). The van der Waals surface area contributed by atoms with E-state index in [1.54, 1.807) is 0 Å². The van der Waals surface area contributed by atoms with Crippen LogP contribution in [0.2, 0.25) is 0 Å². The van der Waals surface area contributed by atoms with Gasteiger partial charge in [-0.3, -0.25) is 4.79 Å². The summed E-state index contributed by atoms with van der Waals surface area (Å²) in [5, 5.41) is 12.5. The van der Waals surface area contributed by atoms with E-state index < -0.39 is 0 Å². The van der Waals surface area contributed by atoms with Crippen LogP contribution in [0.15, 0.2) is 17.2 Å². The highest BCUT2D eigenvalue weighted by Crippen LogP contribution is 2.31. The van der Waals surface area contributed by atoms with Crippen LogP contribution in [-0.2, 0) is 0 Å². The molecule has 1 saturated carbocycles. The molecule has 0 aliphatic heterocycles. The summed E-state index contributed by atoms with van der Waals surface area (Å²) in [5.41, 5.74) is -0.459. The van der Waals surface area contributed by atoms with E-state index in [0.717, 1.165) is 25.7 Å². The molecule has 5 heteroatoms. The lowest BCUT2D eigenvalue weighted by Crippen LogP contribution is -2.39. The highest BCUT2D eigenvalue weighted by molar-refractivity contribution is 5.36. The molecule has 3 N–H and O–H groups in total. The molecule has 1 aromatic rings. The number of H-pyrrole nitrogens is 1. The number of rotatable bonds is 3. The van der Waals surface area contributed by atoms with E-state index in [1.165, 1.54) is 12.4 Å². The van der Waals surface area contributed by atoms with Crippen molar-refractivity contribution < 1.29 is 5.11 Å². The van der Waals surface area contributed by atoms with Crippen molar-refractivity contribution in [1.82, 2.24) is 9.97 Å². The third-order valence-corrected chi connectivity index (χ3v) is 2.93. The van der Waals surface area contributed by atoms with E-state index >= 15 is 0 Å². The summed E-state index contributed by atoms with van der Waals surface area (Å²) in [6.07, 6.45) is 5.44. The molecule has 5 nitrogen and oxygen atoms in total. The molecule has 0 spiro atoms. The van der Waals surface area contributed by atoms with Crippen molar-refractivity contribution in [3.8, 4) is 0 Å². The Balaban J connectivity index is 2.16. The lowest BCUT2D eigenvalue weighted by Gasteiger charge is -2.28. The average Bonchev–Trinajstić information content (AvgIpc) is 2.67. The topological polar surface area (TPSA) is 78.0 Å². The van der Waals surface area contributed by atoms with Crippen molar-refractivity contribution in [1.29, 1.82) is 0 Å². The zero-order chi connectivity index (χ0) is 10.7. The zero-order valence-corrected chi connectivity index (χ0v) is 8.49. The number of anilines is 1. The lowest BCUT2D eigenvalue weighted by molar-refractivity contribution is 0.214. The van der Waals surface area contributed by atoms with Gasteiger partial charge in [-0.05, 0) is 12.8 Å². The van der Waals surface area contributed by atoms with Crippen molar-refractivity contribution in [2.75, 3.05) is 11.9 Å². The number of nitrogens with zero attached hydrogens (tertiary/aromatic N) is 1. The molecule has 1 heterocycles. The van der Waals surface area contributed by atoms with Crippen LogP contribution in [0.1, 0.15) is 25.7 Å². The number of nitrogens with one attached hydrogen (secondary N) is 2. The highest BCUT2D eigenvalue weighted by atomic mass is 16.3. The normalized spacial score (nSPS) is 19.0. The summed E-state index contributed by atoms with van der Waals surface area (Å²) in [5.74, 6) is 0.537. The molecule has 15 heavy (non-hydrogen) atoms. The highest BCUT2D eigenvalue weighted by Gasteiger charge is 2.33. The summed E-state index contributed by atoms with van der Waals surface area (Å²) >= 11 is 0. The minimum absolute atomic E-state index is 0.0848. The maximum absolute atomic E-state index is 11.1. The standard InChI is InChI=1S/C10H15N3O2/c14-6-10(3-1-2-4-10)13-8-5-9(15)12-7-11-8/h5,7,14H,1-4,6H2,(H2,11,12,13,15). The van der Waals surface area contributed by atoms with Gasteiger partial charge in [-0.15, -0.1) is 0 Å². The third kappa shape index (κ3) is 2.18. The molecule has 0 aromatic carbocycles. The quantitative estimate of drug-likeness (QED) is 0.677. The molecule has 82 valence electrons. The fraction of sp³-hybridized carbons (Fsp3) is 0.600. The summed E-state index contributed by atoms with van der Waals surface area (Å²) in [4.78, 5) is 17.5. The van der Waals surface area contributed by atoms with E-state index in [1.807, 2.05) is 0 Å². The Morgan fingerprint density at radius 1 is 1.53 bits per heavy atom. The summed E-state index contributed by atoms with van der Waals surface area (Å²) < 4.78 is 0. The van der Waals surface area contributed by atoms with Crippen LogP contribution in [0.25, 0.3) is 0 Å². The van der Waals surface area contributed by atoms with Crippen LogP contribution < -0.4 is 10.9 Å². The second-order valence-electron chi connectivity index (χ2n) is 4.07. The average molecular weight is 209 g/mol. The van der Waals surface area contributed by atoms with Gasteiger partial charge >= 0.3 is 0 Å². The predicted molar refractivity (Wildman–Crippen MR) is 56.8 cm³/mol. The largest absolute Gasteiger partial charge is 0.394 e. The second-order valence-corrected chi connectivity index (χ2v) is 4.07. The van der Waals surface area contributed by atoms with Crippen molar-refractivity contribution in [2.24, 2.45) is 0 Å². The minimum atomic E-state index is -0.277. The van der Waals surface area contributed by atoms with Gasteiger partial charge in [0.2, 0.25) is 0 Å². The first-order chi connectivity index (χ1) is 7.24. The van der Waals surface area contributed by atoms with Gasteiger partial charge in [0, 0.05) is 6.07 Å². The van der Waals surface area contributed by atoms with E-state index in [2.05, 4.69) is 15.3 Å². The Morgan fingerprint density at radius 3 is 2.87 bits per heavy atom. The molecule has 1 aromatic heterocycles. The number of hydrogen-bond acceptors (Lipinski definition) is 4. The van der Waals surface area contributed by atoms with E-state index in [-0.39, 0.29) is 17.7 Å². The number of aromatic amines is 1. The summed E-state index contributed by atoms with van der Waals surface area (Å²) in [6, 6.07) is 1.41. The van der Waals surface area contributed by atoms with Crippen molar-refractivity contribution >= 4 is 5.82 Å². The molecule has 0 bridgehead atoms. The van der Waals surface area contributed by atoms with E-state index in [0.29, 0.717) is 5.82 Å². The Labute approximate surface area is 87.6 Å². The smallest absolute Gasteiger partial charge is 0.252 e. The van der Waals surface area contributed by atoms with Gasteiger partial charge < -0.3 is 15.4 Å². The lowest BCUT2D eigenvalue weighted by atomic mass is 9.99. The minimum Gasteiger partial charge on any atom is -0.394 e. The monoisotopic (exact) mass is 209 g/mol. The molecule has 1 aliphatic rings. The van der Waals surface area contributed by atoms with Gasteiger partial charge in [0.05, 0.1) is 18.5 Å². The fourth-order valence-electron chi connectivity index (χ4n) is 2.08. The summed E-state index contributed by atoms with van der Waals surface area (Å²) in [6.45, 7) is 0.0848. The Hall–Kier alpha value is -1.36. The third-order valence-electron chi connectivity index (χ3n) is 2.93. The van der Waals surface area contributed by atoms with Crippen LogP contribution >= 0.6 is 0 Å². The zero-order valence-electron chi connectivity index (χ0n) is 8.49. The number of aliphatic hydroxyl groups excluding tert-OH is 1. The first kappa shape index (κ1) is 10.2. The Bertz CT molecular complexity index is 382. The first-order valence-corrected chi connectivity index (χ1v) is 5.18. The molecule has 0 saturated heterocycles. The molecular formula is C10H15N3O2. The summed E-state index contributed by atoms with van der Waals surface area (Å²) in [7, 11) is 0. The van der Waals surface area contributed by atoms with E-state index in [4.69, 9.17) is 0 Å². The molecule has 1 aliphatic carbocycles. The Morgan fingerprint density at radius 2 is 2.27 bits per heavy atom. The molecule has 0 unspecified atom stereocenters. The van der Waals surface area contributed by atoms with Crippen LogP contribution in [0, 0.1) is 0 Å². The van der Waals surface area contributed by atoms with Crippen molar-refractivity contribution in [2.45, 2.75) is 31.2 Å². The van der Waals surface area contributed by atoms with Crippen LogP contribution in [0.3, 0.4) is 0 Å². The number of aromatic nitrogens is 2. The van der Waals surface area contributed by atoms with Gasteiger partial charge in [0.15, 0.2) is 0 Å². The van der Waals surface area contributed by atoms with E-state index in [9.17, 15) is 9.90 Å². The number of aliphatic hydroxyl groups is 1. The van der Waals surface area contributed by atoms with Crippen LogP contribution in [-0.4, -0.2) is 27.2 Å². The van der Waals surface area contributed by atoms with Gasteiger partial charge in [0.25, 0.3) is 5.56 Å². The van der Waals surface area contributed by atoms with Crippen LogP contribution in [0.5, 0.6) is 0 Å². The fourth-order valence-corrected chi connectivity index (χ4v) is 2.08. The van der Waals surface area contributed by atoms with Gasteiger partial charge in [-0.2, -0.15) is 0 Å². The molecule has 0 atom stereocenters. The molecule has 0 radical (unpaired) electrons. The predicted octanol–water partition coefficient (Wildman–Crippen LogP) is 0.487. The maximum Gasteiger partial charge on any atom is 0.252 e. The Kier molecular flexibility index (Phi) is 2.73. The van der Waals surface area contributed by atoms with Crippen LogP contribution in [0.4, 0.5) is 5.82 Å². The SMILES string of the molecule is O=c1cc(NC2(CO)CCCC2)nc[nH]1. The molecule has 1 fully saturated rings. The first-order valence-electron chi connectivity index (χ1n) is 5.18. The second kappa shape index (κ2) is 4.02.